The Hall–Kier alpha value is -1.06. The quantitative estimate of drug-likeness (QED) is 0.746. The zero-order valence-electron chi connectivity index (χ0n) is 8.79. The van der Waals surface area contributed by atoms with Crippen molar-refractivity contribution in [1.82, 2.24) is 0 Å². The van der Waals surface area contributed by atoms with E-state index in [2.05, 4.69) is 5.32 Å². The van der Waals surface area contributed by atoms with Crippen molar-refractivity contribution in [3.63, 3.8) is 0 Å². The fraction of sp³-hybridized carbons (Fsp3) is 0.455. The molecule has 1 aromatic carbocycles. The molecule has 0 saturated heterocycles. The van der Waals surface area contributed by atoms with E-state index in [-0.39, 0.29) is 5.54 Å². The molecule has 0 aliphatic rings. The molecule has 3 nitrogen and oxygen atoms in total. The average molecular weight is 194 g/mol. The summed E-state index contributed by atoms with van der Waals surface area (Å²) in [4.78, 5) is 0. The second kappa shape index (κ2) is 4.98. The molecule has 0 aliphatic carbocycles. The largest absolute Gasteiger partial charge is 0.382 e. The molecule has 1 rings (SSSR count). The topological polar surface area (TPSA) is 47.3 Å². The predicted octanol–water partition coefficient (Wildman–Crippen LogP) is 1.46. The summed E-state index contributed by atoms with van der Waals surface area (Å²) in [5, 5.41) is 3.36. The van der Waals surface area contributed by atoms with Crippen LogP contribution in [0.15, 0.2) is 30.3 Å². The Bertz CT molecular complexity index is 263. The maximum Gasteiger partial charge on any atom is 0.0702 e. The molecule has 1 atom stereocenters. The number of anilines is 1. The van der Waals surface area contributed by atoms with Crippen molar-refractivity contribution in [1.29, 1.82) is 0 Å². The lowest BCUT2D eigenvalue weighted by Gasteiger charge is -2.29. The molecule has 0 aliphatic heterocycles. The first-order valence-corrected chi connectivity index (χ1v) is 4.72. The summed E-state index contributed by atoms with van der Waals surface area (Å²) >= 11 is 0. The Morgan fingerprint density at radius 2 is 2.00 bits per heavy atom. The van der Waals surface area contributed by atoms with Crippen LogP contribution in [0.4, 0.5) is 5.69 Å². The Labute approximate surface area is 85.3 Å². The molecule has 3 N–H and O–H groups in total. The second-order valence-electron chi connectivity index (χ2n) is 3.69. The molecular formula is C11H18N2O. The van der Waals surface area contributed by atoms with E-state index in [1.54, 1.807) is 7.11 Å². The molecule has 78 valence electrons. The van der Waals surface area contributed by atoms with Gasteiger partial charge in [-0.25, -0.2) is 0 Å². The van der Waals surface area contributed by atoms with Gasteiger partial charge in [-0.1, -0.05) is 18.2 Å². The zero-order valence-corrected chi connectivity index (χ0v) is 8.79. The molecule has 0 bridgehead atoms. The number of methoxy groups -OCH3 is 1. The van der Waals surface area contributed by atoms with E-state index >= 15 is 0 Å². The van der Waals surface area contributed by atoms with Crippen molar-refractivity contribution in [2.45, 2.75) is 12.5 Å². The predicted molar refractivity (Wildman–Crippen MR) is 59.4 cm³/mol. The molecular weight excluding hydrogens is 176 g/mol. The van der Waals surface area contributed by atoms with Crippen molar-refractivity contribution in [2.75, 3.05) is 25.6 Å². The van der Waals surface area contributed by atoms with Crippen molar-refractivity contribution in [3.8, 4) is 0 Å². The summed E-state index contributed by atoms with van der Waals surface area (Å²) in [6.07, 6.45) is 0. The van der Waals surface area contributed by atoms with Gasteiger partial charge in [-0.05, 0) is 19.1 Å². The molecule has 0 radical (unpaired) electrons. The molecule has 3 heteroatoms. The highest BCUT2D eigenvalue weighted by Crippen LogP contribution is 2.13. The Balaban J connectivity index is 2.65. The fourth-order valence-electron chi connectivity index (χ4n) is 1.33. The molecule has 0 saturated carbocycles. The SMILES string of the molecule is COCC(C)(CN)Nc1ccccc1. The first-order valence-electron chi connectivity index (χ1n) is 4.72. The van der Waals surface area contributed by atoms with E-state index in [0.29, 0.717) is 13.2 Å². The van der Waals surface area contributed by atoms with E-state index in [9.17, 15) is 0 Å². The van der Waals surface area contributed by atoms with Crippen LogP contribution >= 0.6 is 0 Å². The van der Waals surface area contributed by atoms with Crippen LogP contribution in [0.25, 0.3) is 0 Å². The summed E-state index contributed by atoms with van der Waals surface area (Å²) in [7, 11) is 1.68. The number of rotatable bonds is 5. The molecule has 0 fully saturated rings. The van der Waals surface area contributed by atoms with Crippen LogP contribution in [0.3, 0.4) is 0 Å². The number of ether oxygens (including phenoxy) is 1. The minimum Gasteiger partial charge on any atom is -0.382 e. The van der Waals surface area contributed by atoms with Gasteiger partial charge in [0.25, 0.3) is 0 Å². The summed E-state index contributed by atoms with van der Waals surface area (Å²) in [5.74, 6) is 0. The van der Waals surface area contributed by atoms with Crippen LogP contribution in [0.1, 0.15) is 6.92 Å². The van der Waals surface area contributed by atoms with Gasteiger partial charge in [-0.15, -0.1) is 0 Å². The number of hydrogen-bond donors (Lipinski definition) is 2. The molecule has 1 unspecified atom stereocenters. The Kier molecular flexibility index (Phi) is 3.92. The first-order chi connectivity index (χ1) is 6.70. The number of benzene rings is 1. The van der Waals surface area contributed by atoms with Gasteiger partial charge in [0.15, 0.2) is 0 Å². The van der Waals surface area contributed by atoms with Crippen LogP contribution in [-0.4, -0.2) is 25.8 Å². The van der Waals surface area contributed by atoms with Gasteiger partial charge >= 0.3 is 0 Å². The number of nitrogens with two attached hydrogens (primary N) is 1. The first kappa shape index (κ1) is 11.0. The Morgan fingerprint density at radius 1 is 1.36 bits per heavy atom. The molecule has 1 aromatic rings. The Morgan fingerprint density at radius 3 is 2.50 bits per heavy atom. The van der Waals surface area contributed by atoms with E-state index in [1.807, 2.05) is 37.3 Å². The van der Waals surface area contributed by atoms with Gasteiger partial charge < -0.3 is 15.8 Å². The third-order valence-electron chi connectivity index (χ3n) is 2.13. The zero-order chi connectivity index (χ0) is 10.4. The van der Waals surface area contributed by atoms with Gasteiger partial charge in [-0.2, -0.15) is 0 Å². The van der Waals surface area contributed by atoms with Crippen LogP contribution in [0, 0.1) is 0 Å². The molecule has 0 heterocycles. The molecule has 14 heavy (non-hydrogen) atoms. The summed E-state index contributed by atoms with van der Waals surface area (Å²) in [6.45, 7) is 3.18. The number of hydrogen-bond acceptors (Lipinski definition) is 3. The highest BCUT2D eigenvalue weighted by atomic mass is 16.5. The smallest absolute Gasteiger partial charge is 0.0702 e. The van der Waals surface area contributed by atoms with E-state index in [1.165, 1.54) is 0 Å². The summed E-state index contributed by atoms with van der Waals surface area (Å²) < 4.78 is 5.13. The van der Waals surface area contributed by atoms with Gasteiger partial charge in [0.1, 0.15) is 0 Å². The standard InChI is InChI=1S/C11H18N2O/c1-11(8-12,9-14-2)13-10-6-4-3-5-7-10/h3-7,13H,8-9,12H2,1-2H3. The minimum absolute atomic E-state index is 0.198. The van der Waals surface area contributed by atoms with E-state index in [4.69, 9.17) is 10.5 Å². The second-order valence-corrected chi connectivity index (χ2v) is 3.69. The van der Waals surface area contributed by atoms with Crippen molar-refractivity contribution < 1.29 is 4.74 Å². The van der Waals surface area contributed by atoms with Crippen molar-refractivity contribution in [3.05, 3.63) is 30.3 Å². The van der Waals surface area contributed by atoms with Crippen molar-refractivity contribution >= 4 is 5.69 Å². The van der Waals surface area contributed by atoms with E-state index in [0.717, 1.165) is 5.69 Å². The normalized spacial score (nSPS) is 14.8. The van der Waals surface area contributed by atoms with Gasteiger partial charge in [-0.3, -0.25) is 0 Å². The van der Waals surface area contributed by atoms with Crippen LogP contribution < -0.4 is 11.1 Å². The third-order valence-corrected chi connectivity index (χ3v) is 2.13. The lowest BCUT2D eigenvalue weighted by Crippen LogP contribution is -2.46. The van der Waals surface area contributed by atoms with Gasteiger partial charge in [0.05, 0.1) is 12.1 Å². The number of nitrogens with one attached hydrogen (secondary N) is 1. The van der Waals surface area contributed by atoms with Crippen LogP contribution in [0.5, 0.6) is 0 Å². The summed E-state index contributed by atoms with van der Waals surface area (Å²) in [6, 6.07) is 10.0. The maximum absolute atomic E-state index is 5.70. The third kappa shape index (κ3) is 3.01. The maximum atomic E-state index is 5.70. The van der Waals surface area contributed by atoms with Crippen LogP contribution in [-0.2, 0) is 4.74 Å². The lowest BCUT2D eigenvalue weighted by molar-refractivity contribution is 0.153. The number of para-hydroxylation sites is 1. The highest BCUT2D eigenvalue weighted by Gasteiger charge is 2.21. The van der Waals surface area contributed by atoms with Crippen LogP contribution in [0.2, 0.25) is 0 Å². The minimum atomic E-state index is -0.198. The van der Waals surface area contributed by atoms with E-state index < -0.39 is 0 Å². The average Bonchev–Trinajstić information content (AvgIpc) is 2.20. The van der Waals surface area contributed by atoms with Gasteiger partial charge in [0.2, 0.25) is 0 Å². The highest BCUT2D eigenvalue weighted by molar-refractivity contribution is 5.45. The molecule has 0 spiro atoms. The summed E-state index contributed by atoms with van der Waals surface area (Å²) in [5.41, 5.74) is 6.57. The van der Waals surface area contributed by atoms with Crippen molar-refractivity contribution in [2.24, 2.45) is 5.73 Å². The fourth-order valence-corrected chi connectivity index (χ4v) is 1.33. The van der Waals surface area contributed by atoms with Gasteiger partial charge in [0, 0.05) is 19.3 Å². The lowest BCUT2D eigenvalue weighted by atomic mass is 10.0. The molecule has 0 amide bonds. The monoisotopic (exact) mass is 194 g/mol. The molecule has 0 aromatic heterocycles.